The van der Waals surface area contributed by atoms with Gasteiger partial charge < -0.3 is 5.32 Å². The predicted molar refractivity (Wildman–Crippen MR) is 111 cm³/mol. The lowest BCUT2D eigenvalue weighted by Crippen LogP contribution is -2.27. The highest BCUT2D eigenvalue weighted by Gasteiger charge is 2.30. The van der Waals surface area contributed by atoms with E-state index in [0.29, 0.717) is 18.5 Å². The summed E-state index contributed by atoms with van der Waals surface area (Å²) in [6.45, 7) is 0. The van der Waals surface area contributed by atoms with Crippen LogP contribution in [-0.2, 0) is 14.6 Å². The lowest BCUT2D eigenvalue weighted by atomic mass is 10.1. The van der Waals surface area contributed by atoms with Gasteiger partial charge in [0.15, 0.2) is 15.9 Å². The molecule has 4 rings (SSSR count). The summed E-state index contributed by atoms with van der Waals surface area (Å²) in [6.07, 6.45) is 6.66. The number of carbonyl (C=O) groups is 1. The van der Waals surface area contributed by atoms with Crippen LogP contribution in [0, 0.1) is 0 Å². The summed E-state index contributed by atoms with van der Waals surface area (Å²) in [5.41, 5.74) is 1.26. The van der Waals surface area contributed by atoms with Gasteiger partial charge in [0.05, 0.1) is 10.1 Å². The summed E-state index contributed by atoms with van der Waals surface area (Å²) in [7, 11) is -3.38. The third-order valence-corrected chi connectivity index (χ3v) is 7.58. The van der Waals surface area contributed by atoms with E-state index in [-0.39, 0.29) is 16.1 Å². The Labute approximate surface area is 170 Å². The molecule has 1 atom stereocenters. The fourth-order valence-corrected chi connectivity index (χ4v) is 5.74. The number of hydrogen-bond acceptors (Lipinski definition) is 4. The maximum absolute atomic E-state index is 13.1. The molecule has 0 radical (unpaired) electrons. The highest BCUT2D eigenvalue weighted by atomic mass is 32.2. The molecule has 1 fully saturated rings. The minimum atomic E-state index is -3.38. The average Bonchev–Trinajstić information content (AvgIpc) is 3.44. The number of nitrogens with one attached hydrogen (secondary N) is 1. The Morgan fingerprint density at radius 1 is 1.03 bits per heavy atom. The van der Waals surface area contributed by atoms with E-state index in [2.05, 4.69) is 10.4 Å². The molecule has 2 aromatic carbocycles. The van der Waals surface area contributed by atoms with Crippen molar-refractivity contribution in [2.75, 3.05) is 5.32 Å². The lowest BCUT2D eigenvalue weighted by molar-refractivity contribution is -0.118. The van der Waals surface area contributed by atoms with E-state index in [1.165, 1.54) is 0 Å². The number of rotatable bonds is 6. The lowest BCUT2D eigenvalue weighted by Gasteiger charge is -2.18. The second-order valence-electron chi connectivity index (χ2n) is 7.27. The van der Waals surface area contributed by atoms with Gasteiger partial charge in [-0.1, -0.05) is 49.2 Å². The van der Waals surface area contributed by atoms with Crippen molar-refractivity contribution < 1.29 is 13.2 Å². The van der Waals surface area contributed by atoms with Crippen LogP contribution in [0.3, 0.4) is 0 Å². The molecule has 3 aromatic rings. The van der Waals surface area contributed by atoms with Gasteiger partial charge in [0.1, 0.15) is 0 Å². The summed E-state index contributed by atoms with van der Waals surface area (Å²) < 4.78 is 27.4. The van der Waals surface area contributed by atoms with Crippen molar-refractivity contribution in [1.82, 2.24) is 9.78 Å². The molecule has 1 aliphatic rings. The van der Waals surface area contributed by atoms with Crippen LogP contribution >= 0.6 is 0 Å². The molecule has 0 bridgehead atoms. The first-order valence-corrected chi connectivity index (χ1v) is 11.3. The molecule has 0 aliphatic heterocycles. The maximum atomic E-state index is 13.1. The van der Waals surface area contributed by atoms with Crippen molar-refractivity contribution in [2.24, 2.45) is 0 Å². The van der Waals surface area contributed by atoms with Crippen molar-refractivity contribution in [3.05, 3.63) is 78.6 Å². The topological polar surface area (TPSA) is 81.1 Å². The van der Waals surface area contributed by atoms with E-state index in [1.54, 1.807) is 47.4 Å². The Morgan fingerprint density at radius 2 is 1.79 bits per heavy atom. The van der Waals surface area contributed by atoms with E-state index in [9.17, 15) is 13.2 Å². The summed E-state index contributed by atoms with van der Waals surface area (Å²) >= 11 is 0. The fourth-order valence-electron chi connectivity index (χ4n) is 3.85. The molecule has 1 aliphatic carbocycles. The number of carbonyl (C=O) groups excluding carboxylic acids is 1. The first-order valence-electron chi connectivity index (χ1n) is 9.74. The molecule has 7 heteroatoms. The molecule has 1 heterocycles. The van der Waals surface area contributed by atoms with E-state index < -0.39 is 15.9 Å². The summed E-state index contributed by atoms with van der Waals surface area (Å²) in [4.78, 5) is 13.4. The molecule has 1 aromatic heterocycles. The molecule has 0 spiro atoms. The van der Waals surface area contributed by atoms with Crippen LogP contribution in [0.15, 0.2) is 78.0 Å². The Balaban J connectivity index is 1.60. The second kappa shape index (κ2) is 8.21. The highest BCUT2D eigenvalue weighted by molar-refractivity contribution is 7.92. The van der Waals surface area contributed by atoms with Gasteiger partial charge in [0.25, 0.3) is 5.91 Å². The predicted octanol–water partition coefficient (Wildman–Crippen LogP) is 3.83. The largest absolute Gasteiger partial charge is 0.324 e. The molecule has 6 nitrogen and oxygen atoms in total. The molecule has 0 saturated heterocycles. The Kier molecular flexibility index (Phi) is 5.49. The summed E-state index contributed by atoms with van der Waals surface area (Å²) in [5.74, 6) is -0.282. The van der Waals surface area contributed by atoms with Crippen LogP contribution in [-0.4, -0.2) is 29.4 Å². The van der Waals surface area contributed by atoms with Crippen molar-refractivity contribution in [2.45, 2.75) is 41.9 Å². The van der Waals surface area contributed by atoms with Crippen LogP contribution in [0.4, 0.5) is 5.69 Å². The zero-order chi connectivity index (χ0) is 20.3. The van der Waals surface area contributed by atoms with Gasteiger partial charge in [-0.05, 0) is 42.7 Å². The van der Waals surface area contributed by atoms with Crippen molar-refractivity contribution in [1.29, 1.82) is 0 Å². The van der Waals surface area contributed by atoms with Crippen LogP contribution < -0.4 is 5.32 Å². The average molecular weight is 410 g/mol. The molecule has 1 N–H and O–H groups in total. The normalized spacial score (nSPS) is 15.9. The second-order valence-corrected chi connectivity index (χ2v) is 9.50. The van der Waals surface area contributed by atoms with E-state index in [1.807, 2.05) is 30.3 Å². The number of nitrogens with zero attached hydrogens (tertiary/aromatic N) is 2. The van der Waals surface area contributed by atoms with Crippen LogP contribution in [0.5, 0.6) is 0 Å². The van der Waals surface area contributed by atoms with Crippen molar-refractivity contribution in [3.63, 3.8) is 0 Å². The van der Waals surface area contributed by atoms with E-state index in [4.69, 9.17) is 0 Å². The smallest absolute Gasteiger partial charge is 0.253 e. The monoisotopic (exact) mass is 409 g/mol. The van der Waals surface area contributed by atoms with E-state index >= 15 is 0 Å². The quantitative estimate of drug-likeness (QED) is 0.671. The van der Waals surface area contributed by atoms with E-state index in [0.717, 1.165) is 18.4 Å². The van der Waals surface area contributed by atoms with Gasteiger partial charge in [-0.15, -0.1) is 0 Å². The minimum Gasteiger partial charge on any atom is -0.324 e. The molecular formula is C22H23N3O3S. The van der Waals surface area contributed by atoms with Crippen LogP contribution in [0.25, 0.3) is 0 Å². The zero-order valence-electron chi connectivity index (χ0n) is 15.9. The number of hydrogen-bond donors (Lipinski definition) is 1. The molecule has 1 amide bonds. The fraction of sp³-hybridized carbons (Fsp3) is 0.273. The third kappa shape index (κ3) is 4.10. The van der Waals surface area contributed by atoms with Gasteiger partial charge in [0, 0.05) is 18.1 Å². The van der Waals surface area contributed by atoms with Gasteiger partial charge >= 0.3 is 0 Å². The highest BCUT2D eigenvalue weighted by Crippen LogP contribution is 2.30. The Hall–Kier alpha value is -2.93. The minimum absolute atomic E-state index is 0.262. The van der Waals surface area contributed by atoms with Gasteiger partial charge in [0.2, 0.25) is 0 Å². The van der Waals surface area contributed by atoms with Gasteiger partial charge in [-0.25, -0.2) is 8.42 Å². The van der Waals surface area contributed by atoms with Crippen LogP contribution in [0.1, 0.15) is 37.3 Å². The maximum Gasteiger partial charge on any atom is 0.253 e. The van der Waals surface area contributed by atoms with Gasteiger partial charge in [-0.2, -0.15) is 5.10 Å². The van der Waals surface area contributed by atoms with Gasteiger partial charge in [-0.3, -0.25) is 9.48 Å². The SMILES string of the molecule is O=C(Nc1cccc(S(=O)(=O)C2CCCC2)c1)C(c1ccccc1)n1cccn1. The molecular weight excluding hydrogens is 386 g/mol. The number of amides is 1. The molecule has 1 saturated carbocycles. The molecule has 29 heavy (non-hydrogen) atoms. The standard InChI is InChI=1S/C22H23N3O3S/c26-22(21(25-15-7-14-23-25)17-8-2-1-3-9-17)24-18-10-6-13-20(16-18)29(27,28)19-11-4-5-12-19/h1-3,6-10,13-16,19,21H,4-5,11-12H2,(H,24,26). The molecule has 150 valence electrons. The van der Waals surface area contributed by atoms with Crippen LogP contribution in [0.2, 0.25) is 0 Å². The first-order chi connectivity index (χ1) is 14.1. The Morgan fingerprint density at radius 3 is 2.48 bits per heavy atom. The summed E-state index contributed by atoms with van der Waals surface area (Å²) in [6, 6.07) is 17.0. The zero-order valence-corrected chi connectivity index (χ0v) is 16.8. The van der Waals surface area contributed by atoms with Crippen molar-refractivity contribution >= 4 is 21.4 Å². The number of aromatic nitrogens is 2. The number of sulfone groups is 1. The number of anilines is 1. The number of benzene rings is 2. The third-order valence-electron chi connectivity index (χ3n) is 5.32. The Bertz CT molecular complexity index is 1070. The molecule has 1 unspecified atom stereocenters. The first kappa shape index (κ1) is 19.4. The summed E-state index contributed by atoms with van der Waals surface area (Å²) in [5, 5.41) is 6.77. The van der Waals surface area contributed by atoms with Crippen molar-refractivity contribution in [3.8, 4) is 0 Å².